The van der Waals surface area contributed by atoms with Crippen molar-refractivity contribution in [3.05, 3.63) is 0 Å². The first-order valence-electron chi connectivity index (χ1n) is 4.45. The lowest BCUT2D eigenvalue weighted by Gasteiger charge is -2.31. The highest BCUT2D eigenvalue weighted by Crippen LogP contribution is 2.52. The van der Waals surface area contributed by atoms with E-state index in [1.165, 1.54) is 19.8 Å². The van der Waals surface area contributed by atoms with Crippen molar-refractivity contribution in [3.8, 4) is 0 Å². The molecule has 68 valence electrons. The molecule has 0 aromatic carbocycles. The molecule has 0 radical (unpaired) electrons. The van der Waals surface area contributed by atoms with Crippen molar-refractivity contribution in [1.82, 2.24) is 0 Å². The summed E-state index contributed by atoms with van der Waals surface area (Å²) in [6, 6.07) is 0. The van der Waals surface area contributed by atoms with Gasteiger partial charge in [-0.2, -0.15) is 11.8 Å². The first-order valence-corrected chi connectivity index (χ1v) is 5.39. The molecule has 2 aliphatic heterocycles. The molecule has 3 unspecified atom stereocenters. The quantitative estimate of drug-likeness (QED) is 0.586. The molecule has 3 atom stereocenters. The van der Waals surface area contributed by atoms with E-state index >= 15 is 0 Å². The van der Waals surface area contributed by atoms with Gasteiger partial charge in [-0.15, -0.1) is 0 Å². The molecule has 2 aliphatic rings. The van der Waals surface area contributed by atoms with Crippen LogP contribution in [0.2, 0.25) is 0 Å². The summed E-state index contributed by atoms with van der Waals surface area (Å²) < 4.78 is 5.37. The van der Waals surface area contributed by atoms with Crippen LogP contribution in [0, 0.1) is 0 Å². The van der Waals surface area contributed by atoms with E-state index in [4.69, 9.17) is 4.74 Å². The van der Waals surface area contributed by atoms with E-state index in [9.17, 15) is 4.79 Å². The van der Waals surface area contributed by atoms with Gasteiger partial charge in [0.2, 0.25) is 0 Å². The average molecular weight is 186 g/mol. The van der Waals surface area contributed by atoms with E-state index in [0.29, 0.717) is 5.25 Å². The molecule has 2 nitrogen and oxygen atoms in total. The van der Waals surface area contributed by atoms with Crippen molar-refractivity contribution in [3.63, 3.8) is 0 Å². The van der Waals surface area contributed by atoms with E-state index < -0.39 is 0 Å². The van der Waals surface area contributed by atoms with Crippen molar-refractivity contribution < 1.29 is 9.53 Å². The van der Waals surface area contributed by atoms with Gasteiger partial charge in [0, 0.05) is 17.4 Å². The largest absolute Gasteiger partial charge is 0.458 e. The second kappa shape index (κ2) is 2.66. The highest BCUT2D eigenvalue weighted by atomic mass is 32.2. The maximum atomic E-state index is 10.8. The lowest BCUT2D eigenvalue weighted by molar-refractivity contribution is -0.156. The molecule has 0 amide bonds. The zero-order chi connectivity index (χ0) is 8.77. The predicted molar refractivity (Wildman–Crippen MR) is 49.2 cm³/mol. The SMILES string of the molecule is CC(=O)OC1(C)CC2CCC1S2. The number of fused-ring (bicyclic) bond motifs is 2. The third kappa shape index (κ3) is 1.24. The van der Waals surface area contributed by atoms with Crippen LogP contribution in [0.25, 0.3) is 0 Å². The van der Waals surface area contributed by atoms with Crippen molar-refractivity contribution in [2.75, 3.05) is 0 Å². The Kier molecular flexibility index (Phi) is 1.86. The van der Waals surface area contributed by atoms with E-state index in [0.717, 1.165) is 11.7 Å². The molecule has 0 saturated carbocycles. The van der Waals surface area contributed by atoms with Gasteiger partial charge in [-0.25, -0.2) is 0 Å². The highest BCUT2D eigenvalue weighted by Gasteiger charge is 2.51. The van der Waals surface area contributed by atoms with Gasteiger partial charge in [0.05, 0.1) is 0 Å². The molecule has 2 saturated heterocycles. The Morgan fingerprint density at radius 3 is 2.75 bits per heavy atom. The number of hydrogen-bond acceptors (Lipinski definition) is 3. The highest BCUT2D eigenvalue weighted by molar-refractivity contribution is 8.01. The van der Waals surface area contributed by atoms with Crippen LogP contribution in [0.15, 0.2) is 0 Å². The van der Waals surface area contributed by atoms with Crippen LogP contribution in [0.4, 0.5) is 0 Å². The Bertz CT molecular complexity index is 217. The number of hydrogen-bond donors (Lipinski definition) is 0. The summed E-state index contributed by atoms with van der Waals surface area (Å²) in [7, 11) is 0. The van der Waals surface area contributed by atoms with Crippen LogP contribution in [0.5, 0.6) is 0 Å². The summed E-state index contributed by atoms with van der Waals surface area (Å²) in [5, 5.41) is 1.31. The number of ether oxygens (including phenoxy) is 1. The summed E-state index contributed by atoms with van der Waals surface area (Å²) in [6.07, 6.45) is 3.59. The first kappa shape index (κ1) is 8.42. The minimum Gasteiger partial charge on any atom is -0.458 e. The molecular formula is C9H14O2S. The van der Waals surface area contributed by atoms with Gasteiger partial charge >= 0.3 is 5.97 Å². The average Bonchev–Trinajstić information content (AvgIpc) is 2.42. The van der Waals surface area contributed by atoms with E-state index in [-0.39, 0.29) is 11.6 Å². The summed E-state index contributed by atoms with van der Waals surface area (Å²) in [5.74, 6) is -0.134. The summed E-state index contributed by atoms with van der Waals surface area (Å²) in [6.45, 7) is 3.58. The van der Waals surface area contributed by atoms with Gasteiger partial charge in [-0.3, -0.25) is 4.79 Å². The zero-order valence-corrected chi connectivity index (χ0v) is 8.32. The minimum atomic E-state index is -0.153. The van der Waals surface area contributed by atoms with Crippen molar-refractivity contribution in [1.29, 1.82) is 0 Å². The molecule has 2 rings (SSSR count). The van der Waals surface area contributed by atoms with E-state index in [1.807, 2.05) is 11.8 Å². The van der Waals surface area contributed by atoms with Crippen LogP contribution >= 0.6 is 11.8 Å². The van der Waals surface area contributed by atoms with E-state index in [1.54, 1.807) is 0 Å². The molecule has 0 aromatic heterocycles. The molecule has 3 heteroatoms. The summed E-state index contributed by atoms with van der Waals surface area (Å²) in [4.78, 5) is 10.8. The number of carbonyl (C=O) groups excluding carboxylic acids is 1. The van der Waals surface area contributed by atoms with Crippen molar-refractivity contribution >= 4 is 17.7 Å². The molecule has 0 aromatic rings. The number of carbonyl (C=O) groups is 1. The predicted octanol–water partition coefficient (Wildman–Crippen LogP) is 1.98. The lowest BCUT2D eigenvalue weighted by atomic mass is 9.86. The Morgan fingerprint density at radius 2 is 2.33 bits per heavy atom. The molecular weight excluding hydrogens is 172 g/mol. The number of rotatable bonds is 1. The van der Waals surface area contributed by atoms with Crippen LogP contribution < -0.4 is 0 Å². The van der Waals surface area contributed by atoms with Gasteiger partial charge in [-0.05, 0) is 26.2 Å². The molecule has 0 spiro atoms. The van der Waals surface area contributed by atoms with Gasteiger partial charge in [0.15, 0.2) is 0 Å². The molecule has 2 bridgehead atoms. The Morgan fingerprint density at radius 1 is 1.58 bits per heavy atom. The fourth-order valence-corrected chi connectivity index (χ4v) is 4.19. The van der Waals surface area contributed by atoms with Crippen LogP contribution in [0.3, 0.4) is 0 Å². The normalized spacial score (nSPS) is 44.8. The Labute approximate surface area is 77.0 Å². The Balaban J connectivity index is 2.07. The Hall–Kier alpha value is -0.180. The van der Waals surface area contributed by atoms with Crippen LogP contribution in [-0.2, 0) is 9.53 Å². The molecule has 0 N–H and O–H groups in total. The smallest absolute Gasteiger partial charge is 0.303 e. The van der Waals surface area contributed by atoms with Crippen LogP contribution in [-0.4, -0.2) is 22.1 Å². The van der Waals surface area contributed by atoms with Gasteiger partial charge < -0.3 is 4.74 Å². The fourth-order valence-electron chi connectivity index (χ4n) is 2.32. The summed E-state index contributed by atoms with van der Waals surface area (Å²) in [5.41, 5.74) is -0.153. The standard InChI is InChI=1S/C9H14O2S/c1-6(10)11-9(2)5-7-3-4-8(9)12-7/h7-8H,3-5H2,1-2H3. The van der Waals surface area contributed by atoms with Gasteiger partial charge in [-0.1, -0.05) is 0 Å². The van der Waals surface area contributed by atoms with Gasteiger partial charge in [0.25, 0.3) is 0 Å². The van der Waals surface area contributed by atoms with Crippen molar-refractivity contribution in [2.45, 2.75) is 49.2 Å². The van der Waals surface area contributed by atoms with Crippen LogP contribution in [0.1, 0.15) is 33.1 Å². The second-order valence-electron chi connectivity index (χ2n) is 3.93. The molecule has 0 aliphatic carbocycles. The first-order chi connectivity index (χ1) is 5.60. The lowest BCUT2D eigenvalue weighted by Crippen LogP contribution is -2.39. The summed E-state index contributed by atoms with van der Waals surface area (Å²) >= 11 is 2.00. The third-order valence-corrected chi connectivity index (χ3v) is 4.65. The molecule has 12 heavy (non-hydrogen) atoms. The van der Waals surface area contributed by atoms with E-state index in [2.05, 4.69) is 6.92 Å². The monoisotopic (exact) mass is 186 g/mol. The topological polar surface area (TPSA) is 26.3 Å². The molecule has 2 fully saturated rings. The van der Waals surface area contributed by atoms with Gasteiger partial charge in [0.1, 0.15) is 5.60 Å². The molecule has 2 heterocycles. The maximum Gasteiger partial charge on any atom is 0.303 e. The zero-order valence-electron chi connectivity index (χ0n) is 7.50. The van der Waals surface area contributed by atoms with Crippen molar-refractivity contribution in [2.24, 2.45) is 0 Å². The number of esters is 1. The fraction of sp³-hybridized carbons (Fsp3) is 0.889. The third-order valence-electron chi connectivity index (χ3n) is 2.80. The minimum absolute atomic E-state index is 0.134. The maximum absolute atomic E-state index is 10.8. The second-order valence-corrected chi connectivity index (χ2v) is 5.44. The number of thioether (sulfide) groups is 1.